The molecule has 0 spiro atoms. The molecule has 130 valence electrons. The highest BCUT2D eigenvalue weighted by Gasteiger charge is 2.21. The zero-order valence-corrected chi connectivity index (χ0v) is 14.7. The molecule has 5 heteroatoms. The second-order valence-corrected chi connectivity index (χ2v) is 7.10. The Labute approximate surface area is 143 Å². The van der Waals surface area contributed by atoms with Crippen LogP contribution < -0.4 is 5.32 Å². The van der Waals surface area contributed by atoms with Gasteiger partial charge in [-0.05, 0) is 44.4 Å². The number of piperidine rings is 1. The SMILES string of the molecule is C[C@H]1CCCN([C@@H](C)CNC(=O)CCc2nc3ccccc3[nH]2)C1. The van der Waals surface area contributed by atoms with E-state index in [1.165, 1.54) is 12.8 Å². The lowest BCUT2D eigenvalue weighted by Gasteiger charge is -2.35. The molecule has 1 fully saturated rings. The summed E-state index contributed by atoms with van der Waals surface area (Å²) in [4.78, 5) is 22.4. The Morgan fingerprint density at radius 3 is 3.08 bits per heavy atom. The minimum Gasteiger partial charge on any atom is -0.355 e. The van der Waals surface area contributed by atoms with Crippen molar-refractivity contribution in [3.8, 4) is 0 Å². The van der Waals surface area contributed by atoms with Crippen molar-refractivity contribution >= 4 is 16.9 Å². The van der Waals surface area contributed by atoms with Gasteiger partial charge in [0.1, 0.15) is 5.82 Å². The Hall–Kier alpha value is -1.88. The summed E-state index contributed by atoms with van der Waals surface area (Å²) in [5.41, 5.74) is 1.99. The highest BCUT2D eigenvalue weighted by molar-refractivity contribution is 5.77. The summed E-state index contributed by atoms with van der Waals surface area (Å²) in [6.45, 7) is 7.55. The third-order valence-corrected chi connectivity index (χ3v) is 4.93. The quantitative estimate of drug-likeness (QED) is 0.857. The predicted octanol–water partition coefficient (Wildman–Crippen LogP) is 2.73. The maximum atomic E-state index is 12.1. The fraction of sp³-hybridized carbons (Fsp3) is 0.579. The fourth-order valence-corrected chi connectivity index (χ4v) is 3.46. The average molecular weight is 328 g/mol. The van der Waals surface area contributed by atoms with Crippen LogP contribution in [0.3, 0.4) is 0 Å². The van der Waals surface area contributed by atoms with Gasteiger partial charge >= 0.3 is 0 Å². The van der Waals surface area contributed by atoms with E-state index in [-0.39, 0.29) is 5.91 Å². The Balaban J connectivity index is 1.42. The van der Waals surface area contributed by atoms with E-state index >= 15 is 0 Å². The van der Waals surface area contributed by atoms with Crippen LogP contribution >= 0.6 is 0 Å². The molecule has 0 unspecified atom stereocenters. The first-order valence-electron chi connectivity index (χ1n) is 9.06. The molecule has 5 nitrogen and oxygen atoms in total. The van der Waals surface area contributed by atoms with Crippen LogP contribution in [0.5, 0.6) is 0 Å². The number of hydrogen-bond acceptors (Lipinski definition) is 3. The highest BCUT2D eigenvalue weighted by atomic mass is 16.1. The third kappa shape index (κ3) is 4.35. The summed E-state index contributed by atoms with van der Waals surface area (Å²) >= 11 is 0. The summed E-state index contributed by atoms with van der Waals surface area (Å²) in [6.07, 6.45) is 3.72. The molecule has 0 radical (unpaired) electrons. The van der Waals surface area contributed by atoms with Crippen molar-refractivity contribution in [3.05, 3.63) is 30.1 Å². The van der Waals surface area contributed by atoms with Crippen LogP contribution in [-0.2, 0) is 11.2 Å². The van der Waals surface area contributed by atoms with Crippen molar-refractivity contribution in [1.29, 1.82) is 0 Å². The lowest BCUT2D eigenvalue weighted by molar-refractivity contribution is -0.121. The number of para-hydroxylation sites is 2. The van der Waals surface area contributed by atoms with Gasteiger partial charge in [-0.1, -0.05) is 19.1 Å². The van der Waals surface area contributed by atoms with Crippen LogP contribution in [0.15, 0.2) is 24.3 Å². The second-order valence-electron chi connectivity index (χ2n) is 7.10. The molecular formula is C19H28N4O. The van der Waals surface area contributed by atoms with Gasteiger partial charge in [0.25, 0.3) is 0 Å². The Morgan fingerprint density at radius 2 is 2.29 bits per heavy atom. The van der Waals surface area contributed by atoms with Crippen LogP contribution in [0.25, 0.3) is 11.0 Å². The second kappa shape index (κ2) is 7.79. The van der Waals surface area contributed by atoms with Gasteiger partial charge in [-0.15, -0.1) is 0 Å². The number of imidazole rings is 1. The van der Waals surface area contributed by atoms with Crippen LogP contribution in [0.1, 0.15) is 38.9 Å². The van der Waals surface area contributed by atoms with Crippen molar-refractivity contribution < 1.29 is 4.79 Å². The molecule has 1 amide bonds. The first-order valence-corrected chi connectivity index (χ1v) is 9.06. The standard InChI is InChI=1S/C19H28N4O/c1-14-6-5-11-23(13-14)15(2)12-20-19(24)10-9-18-21-16-7-3-4-8-17(16)22-18/h3-4,7-8,14-15H,5-6,9-13H2,1-2H3,(H,20,24)(H,21,22)/t14-,15-/m0/s1. The van der Waals surface area contributed by atoms with Crippen molar-refractivity contribution in [2.24, 2.45) is 5.92 Å². The maximum absolute atomic E-state index is 12.1. The number of benzene rings is 1. The van der Waals surface area contributed by atoms with Crippen LogP contribution in [0.2, 0.25) is 0 Å². The summed E-state index contributed by atoms with van der Waals surface area (Å²) in [6, 6.07) is 8.36. The molecular weight excluding hydrogens is 300 g/mol. The van der Waals surface area contributed by atoms with Gasteiger partial charge in [0, 0.05) is 32.0 Å². The Morgan fingerprint density at radius 1 is 1.46 bits per heavy atom. The van der Waals surface area contributed by atoms with E-state index in [9.17, 15) is 4.79 Å². The predicted molar refractivity (Wildman–Crippen MR) is 96.9 cm³/mol. The van der Waals surface area contributed by atoms with Gasteiger partial charge in [-0.2, -0.15) is 0 Å². The number of fused-ring (bicyclic) bond motifs is 1. The smallest absolute Gasteiger partial charge is 0.220 e. The molecule has 2 aromatic rings. The van der Waals surface area contributed by atoms with Crippen molar-refractivity contribution in [1.82, 2.24) is 20.2 Å². The van der Waals surface area contributed by atoms with Crippen molar-refractivity contribution in [2.75, 3.05) is 19.6 Å². The number of amides is 1. The lowest BCUT2D eigenvalue weighted by atomic mass is 9.99. The van der Waals surface area contributed by atoms with E-state index in [1.807, 2.05) is 24.3 Å². The molecule has 1 aliphatic heterocycles. The van der Waals surface area contributed by atoms with Crippen LogP contribution in [0.4, 0.5) is 0 Å². The largest absolute Gasteiger partial charge is 0.355 e. The van der Waals surface area contributed by atoms with E-state index in [1.54, 1.807) is 0 Å². The number of H-pyrrole nitrogens is 1. The first-order chi connectivity index (χ1) is 11.6. The molecule has 2 atom stereocenters. The van der Waals surface area contributed by atoms with E-state index in [0.29, 0.717) is 18.9 Å². The van der Waals surface area contributed by atoms with Gasteiger partial charge in [-0.25, -0.2) is 4.98 Å². The number of aryl methyl sites for hydroxylation is 1. The first kappa shape index (κ1) is 17.0. The molecule has 1 aromatic carbocycles. The maximum Gasteiger partial charge on any atom is 0.220 e. The molecule has 3 rings (SSSR count). The molecule has 1 saturated heterocycles. The van der Waals surface area contributed by atoms with Crippen LogP contribution in [0, 0.1) is 5.92 Å². The molecule has 2 heterocycles. The van der Waals surface area contributed by atoms with Crippen molar-refractivity contribution in [2.45, 2.75) is 45.6 Å². The molecule has 0 saturated carbocycles. The summed E-state index contributed by atoms with van der Waals surface area (Å²) in [7, 11) is 0. The van der Waals surface area contributed by atoms with Gasteiger partial charge in [0.15, 0.2) is 0 Å². The topological polar surface area (TPSA) is 61.0 Å². The number of aromatic amines is 1. The number of nitrogens with zero attached hydrogens (tertiary/aromatic N) is 2. The number of likely N-dealkylation sites (tertiary alicyclic amines) is 1. The number of nitrogens with one attached hydrogen (secondary N) is 2. The number of carbonyl (C=O) groups is 1. The van der Waals surface area contributed by atoms with E-state index in [2.05, 4.69) is 34.0 Å². The van der Waals surface area contributed by atoms with E-state index in [0.717, 1.165) is 42.4 Å². The number of rotatable bonds is 6. The number of hydrogen-bond donors (Lipinski definition) is 2. The summed E-state index contributed by atoms with van der Waals surface area (Å²) in [5.74, 6) is 1.75. The van der Waals surface area contributed by atoms with Crippen LogP contribution in [-0.4, -0.2) is 46.5 Å². The molecule has 0 aliphatic carbocycles. The zero-order valence-electron chi connectivity index (χ0n) is 14.7. The molecule has 1 aliphatic rings. The normalized spacial score (nSPS) is 20.2. The Kier molecular flexibility index (Phi) is 5.51. The number of carbonyl (C=O) groups excluding carboxylic acids is 1. The van der Waals surface area contributed by atoms with Gasteiger partial charge in [0.05, 0.1) is 11.0 Å². The Bertz CT molecular complexity index is 648. The molecule has 1 aromatic heterocycles. The zero-order chi connectivity index (χ0) is 16.9. The van der Waals surface area contributed by atoms with Crippen molar-refractivity contribution in [3.63, 3.8) is 0 Å². The van der Waals surface area contributed by atoms with Gasteiger partial charge < -0.3 is 10.3 Å². The lowest BCUT2D eigenvalue weighted by Crippen LogP contribution is -2.46. The van der Waals surface area contributed by atoms with Gasteiger partial charge in [0.2, 0.25) is 5.91 Å². The minimum atomic E-state index is 0.104. The molecule has 0 bridgehead atoms. The minimum absolute atomic E-state index is 0.104. The molecule has 2 N–H and O–H groups in total. The fourth-order valence-electron chi connectivity index (χ4n) is 3.46. The van der Waals surface area contributed by atoms with Gasteiger partial charge in [-0.3, -0.25) is 9.69 Å². The van der Waals surface area contributed by atoms with E-state index in [4.69, 9.17) is 0 Å². The highest BCUT2D eigenvalue weighted by Crippen LogP contribution is 2.17. The third-order valence-electron chi connectivity index (χ3n) is 4.93. The monoisotopic (exact) mass is 328 g/mol. The average Bonchev–Trinajstić information content (AvgIpc) is 3.00. The summed E-state index contributed by atoms with van der Waals surface area (Å²) < 4.78 is 0. The molecule has 24 heavy (non-hydrogen) atoms. The van der Waals surface area contributed by atoms with E-state index < -0.39 is 0 Å². The number of aromatic nitrogens is 2. The summed E-state index contributed by atoms with van der Waals surface area (Å²) in [5, 5.41) is 3.08.